The first kappa shape index (κ1) is 16.9. The van der Waals surface area contributed by atoms with Crippen LogP contribution >= 0.6 is 0 Å². The van der Waals surface area contributed by atoms with Crippen LogP contribution in [-0.4, -0.2) is 46.8 Å². The summed E-state index contributed by atoms with van der Waals surface area (Å²) in [4.78, 5) is 38.7. The van der Waals surface area contributed by atoms with Crippen LogP contribution in [0.5, 0.6) is 0 Å². The summed E-state index contributed by atoms with van der Waals surface area (Å²) in [7, 11) is 1.65. The number of carbonyl (C=O) groups excluding carboxylic acids is 2. The molecular weight excluding hydrogens is 324 g/mol. The van der Waals surface area contributed by atoms with Crippen LogP contribution in [0.15, 0.2) is 35.5 Å². The zero-order valence-corrected chi connectivity index (χ0v) is 14.2. The first-order chi connectivity index (χ1) is 11.9. The van der Waals surface area contributed by atoms with Gasteiger partial charge in [0.25, 0.3) is 11.6 Å². The number of nitro benzene ring substituents is 1. The molecule has 25 heavy (non-hydrogen) atoms. The molecule has 1 aromatic rings. The molecule has 0 radical (unpaired) electrons. The lowest BCUT2D eigenvalue weighted by Crippen LogP contribution is -2.45. The van der Waals surface area contributed by atoms with Gasteiger partial charge in [-0.25, -0.2) is 4.79 Å². The van der Waals surface area contributed by atoms with Crippen molar-refractivity contribution in [1.82, 2.24) is 15.1 Å². The SMILES string of the molecule is CCCCN1CC2=C(C1=O)[C@@H](c1ccc([N+](=O)[O-])cc1)NC(=O)N2C. The molecule has 0 unspecified atom stereocenters. The minimum Gasteiger partial charge on any atom is -0.333 e. The van der Waals surface area contributed by atoms with E-state index in [1.165, 1.54) is 17.0 Å². The predicted octanol–water partition coefficient (Wildman–Crippen LogP) is 2.19. The van der Waals surface area contributed by atoms with E-state index in [9.17, 15) is 19.7 Å². The van der Waals surface area contributed by atoms with Crippen LogP contribution in [0, 0.1) is 10.1 Å². The normalized spacial score (nSPS) is 20.0. The second-order valence-corrected chi connectivity index (χ2v) is 6.23. The average molecular weight is 344 g/mol. The number of amides is 3. The van der Waals surface area contributed by atoms with Gasteiger partial charge in [0.15, 0.2) is 0 Å². The lowest BCUT2D eigenvalue weighted by Gasteiger charge is -2.31. The number of non-ortho nitro benzene ring substituents is 1. The summed E-state index contributed by atoms with van der Waals surface area (Å²) in [5.74, 6) is -0.0846. The first-order valence-electron chi connectivity index (χ1n) is 8.25. The molecule has 8 nitrogen and oxygen atoms in total. The monoisotopic (exact) mass is 344 g/mol. The minimum atomic E-state index is -0.585. The Labute approximate surface area is 145 Å². The number of nitrogens with one attached hydrogen (secondary N) is 1. The van der Waals surface area contributed by atoms with Crippen molar-refractivity contribution in [3.05, 3.63) is 51.2 Å². The Morgan fingerprint density at radius 2 is 1.96 bits per heavy atom. The number of rotatable bonds is 5. The van der Waals surface area contributed by atoms with Crippen molar-refractivity contribution in [3.8, 4) is 0 Å². The molecule has 0 fully saturated rings. The number of carbonyl (C=O) groups is 2. The number of nitrogens with zero attached hydrogens (tertiary/aromatic N) is 3. The van der Waals surface area contributed by atoms with Gasteiger partial charge in [-0.1, -0.05) is 13.3 Å². The molecule has 2 aliphatic heterocycles. The molecular formula is C17H20N4O4. The minimum absolute atomic E-state index is 0.0282. The lowest BCUT2D eigenvalue weighted by atomic mass is 9.95. The van der Waals surface area contributed by atoms with Crippen LogP contribution in [-0.2, 0) is 4.79 Å². The van der Waals surface area contributed by atoms with Gasteiger partial charge in [-0.2, -0.15) is 0 Å². The van der Waals surface area contributed by atoms with E-state index in [4.69, 9.17) is 0 Å². The summed E-state index contributed by atoms with van der Waals surface area (Å²) in [6.45, 7) is 3.13. The molecule has 1 N–H and O–H groups in total. The molecule has 1 atom stereocenters. The van der Waals surface area contributed by atoms with Gasteiger partial charge in [0, 0.05) is 25.7 Å². The van der Waals surface area contributed by atoms with Gasteiger partial charge in [-0.05, 0) is 24.1 Å². The Bertz CT molecular complexity index is 756. The average Bonchev–Trinajstić information content (AvgIpc) is 2.93. The quantitative estimate of drug-likeness (QED) is 0.654. The molecule has 3 rings (SSSR count). The second kappa shape index (κ2) is 6.54. The van der Waals surface area contributed by atoms with E-state index in [0.29, 0.717) is 29.9 Å². The molecule has 132 valence electrons. The maximum Gasteiger partial charge on any atom is 0.322 e. The highest BCUT2D eigenvalue weighted by Crippen LogP contribution is 2.36. The highest BCUT2D eigenvalue weighted by molar-refractivity contribution is 6.01. The van der Waals surface area contributed by atoms with E-state index in [-0.39, 0.29) is 17.6 Å². The number of urea groups is 1. The fraction of sp³-hybridized carbons (Fsp3) is 0.412. The number of hydrogen-bond acceptors (Lipinski definition) is 4. The smallest absolute Gasteiger partial charge is 0.322 e. The zero-order valence-electron chi connectivity index (χ0n) is 14.2. The van der Waals surface area contributed by atoms with E-state index in [1.807, 2.05) is 0 Å². The van der Waals surface area contributed by atoms with E-state index in [1.54, 1.807) is 24.1 Å². The molecule has 0 saturated heterocycles. The van der Waals surface area contributed by atoms with E-state index in [0.717, 1.165) is 12.8 Å². The zero-order chi connectivity index (χ0) is 18.1. The van der Waals surface area contributed by atoms with Crippen LogP contribution in [0.3, 0.4) is 0 Å². The maximum atomic E-state index is 12.8. The topological polar surface area (TPSA) is 95.8 Å². The van der Waals surface area contributed by atoms with Crippen molar-refractivity contribution < 1.29 is 14.5 Å². The molecule has 0 aliphatic carbocycles. The third-order valence-corrected chi connectivity index (χ3v) is 4.65. The van der Waals surface area contributed by atoms with Crippen molar-refractivity contribution in [2.45, 2.75) is 25.8 Å². The van der Waals surface area contributed by atoms with Crippen molar-refractivity contribution >= 4 is 17.6 Å². The molecule has 0 bridgehead atoms. The van der Waals surface area contributed by atoms with Crippen molar-refractivity contribution in [2.75, 3.05) is 20.1 Å². The van der Waals surface area contributed by atoms with Gasteiger partial charge in [-0.15, -0.1) is 0 Å². The second-order valence-electron chi connectivity index (χ2n) is 6.23. The van der Waals surface area contributed by atoms with Gasteiger partial charge in [0.2, 0.25) is 0 Å². The number of hydrogen-bond donors (Lipinski definition) is 1. The number of likely N-dealkylation sites (N-methyl/N-ethyl adjacent to an activating group) is 1. The summed E-state index contributed by atoms with van der Waals surface area (Å²) in [5.41, 5.74) is 1.88. The summed E-state index contributed by atoms with van der Waals surface area (Å²) in [5, 5.41) is 13.6. The van der Waals surface area contributed by atoms with E-state index >= 15 is 0 Å². The molecule has 0 spiro atoms. The Kier molecular flexibility index (Phi) is 4.43. The van der Waals surface area contributed by atoms with Crippen LogP contribution in [0.2, 0.25) is 0 Å². The number of benzene rings is 1. The van der Waals surface area contributed by atoms with Gasteiger partial charge in [0.05, 0.1) is 28.8 Å². The van der Waals surface area contributed by atoms with Crippen molar-refractivity contribution in [2.24, 2.45) is 0 Å². The fourth-order valence-corrected chi connectivity index (χ4v) is 3.19. The Morgan fingerprint density at radius 1 is 1.28 bits per heavy atom. The Morgan fingerprint density at radius 3 is 2.56 bits per heavy atom. The largest absolute Gasteiger partial charge is 0.333 e. The number of nitro groups is 1. The standard InChI is InChI=1S/C17H20N4O4/c1-3-4-9-20-10-13-14(16(20)22)15(18-17(23)19(13)2)11-5-7-12(8-6-11)21(24)25/h5-8,15H,3-4,9-10H2,1-2H3,(H,18,23)/t15-/m1/s1. The maximum absolute atomic E-state index is 12.8. The predicted molar refractivity (Wildman–Crippen MR) is 90.6 cm³/mol. The molecule has 3 amide bonds. The molecule has 2 aliphatic rings. The third kappa shape index (κ3) is 2.95. The van der Waals surface area contributed by atoms with Crippen LogP contribution < -0.4 is 5.32 Å². The number of unbranched alkanes of at least 4 members (excludes halogenated alkanes) is 1. The van der Waals surface area contributed by atoms with Gasteiger partial charge in [-0.3, -0.25) is 19.8 Å². The van der Waals surface area contributed by atoms with Crippen molar-refractivity contribution in [3.63, 3.8) is 0 Å². The van der Waals surface area contributed by atoms with E-state index < -0.39 is 11.0 Å². The summed E-state index contributed by atoms with van der Waals surface area (Å²) >= 11 is 0. The molecule has 0 saturated carbocycles. The highest BCUT2D eigenvalue weighted by Gasteiger charge is 2.42. The molecule has 8 heteroatoms. The van der Waals surface area contributed by atoms with Crippen LogP contribution in [0.4, 0.5) is 10.5 Å². The van der Waals surface area contributed by atoms with Crippen LogP contribution in [0.1, 0.15) is 31.4 Å². The first-order valence-corrected chi connectivity index (χ1v) is 8.25. The highest BCUT2D eigenvalue weighted by atomic mass is 16.6. The lowest BCUT2D eigenvalue weighted by molar-refractivity contribution is -0.384. The summed E-state index contributed by atoms with van der Waals surface area (Å²) < 4.78 is 0. The van der Waals surface area contributed by atoms with Gasteiger partial charge < -0.3 is 10.2 Å². The van der Waals surface area contributed by atoms with E-state index in [2.05, 4.69) is 12.2 Å². The molecule has 0 aromatic heterocycles. The van der Waals surface area contributed by atoms with Crippen LogP contribution in [0.25, 0.3) is 0 Å². The molecule has 1 aromatic carbocycles. The summed E-state index contributed by atoms with van der Waals surface area (Å²) in [6.07, 6.45) is 1.88. The fourth-order valence-electron chi connectivity index (χ4n) is 3.19. The Balaban J connectivity index is 1.95. The van der Waals surface area contributed by atoms with Gasteiger partial charge in [0.1, 0.15) is 0 Å². The molecule has 2 heterocycles. The summed E-state index contributed by atoms with van der Waals surface area (Å²) in [6, 6.07) is 5.07. The third-order valence-electron chi connectivity index (χ3n) is 4.65. The van der Waals surface area contributed by atoms with Gasteiger partial charge >= 0.3 is 6.03 Å². The Hall–Kier alpha value is -2.90. The van der Waals surface area contributed by atoms with Crippen molar-refractivity contribution in [1.29, 1.82) is 0 Å².